The van der Waals surface area contributed by atoms with Crippen LogP contribution in [0, 0.1) is 0 Å². The van der Waals surface area contributed by atoms with Gasteiger partial charge in [-0.3, -0.25) is 0 Å². The van der Waals surface area contributed by atoms with Crippen LogP contribution in [0.2, 0.25) is 0 Å². The summed E-state index contributed by atoms with van der Waals surface area (Å²) in [6.45, 7) is 5.28. The first-order valence-corrected chi connectivity index (χ1v) is 6.49. The van der Waals surface area contributed by atoms with Crippen molar-refractivity contribution in [3.63, 3.8) is 0 Å². The van der Waals surface area contributed by atoms with Gasteiger partial charge in [-0.1, -0.05) is 19.4 Å². The van der Waals surface area contributed by atoms with E-state index in [9.17, 15) is 0 Å². The summed E-state index contributed by atoms with van der Waals surface area (Å²) < 4.78 is 10.9. The normalized spacial score (nSPS) is 10.7. The Labute approximate surface area is 96.2 Å². The molecule has 86 valence electrons. The van der Waals surface area contributed by atoms with E-state index < -0.39 is 0 Å². The van der Waals surface area contributed by atoms with Crippen molar-refractivity contribution in [1.29, 1.82) is 0 Å². The van der Waals surface area contributed by atoms with Crippen LogP contribution < -0.4 is 0 Å². The molecule has 2 nitrogen and oxygen atoms in total. The van der Waals surface area contributed by atoms with Crippen LogP contribution in [0.1, 0.15) is 24.6 Å². The van der Waals surface area contributed by atoms with Gasteiger partial charge in [-0.2, -0.15) is 0 Å². The standard InChI is InChI=1S/C12H20O2S/c1-2-3-7-13-9-10-14-8-6-12-5-4-11-15-12/h4-5,11H,2-3,6-10H2,1H3. The summed E-state index contributed by atoms with van der Waals surface area (Å²) >= 11 is 1.79. The summed E-state index contributed by atoms with van der Waals surface area (Å²) in [6, 6.07) is 4.22. The van der Waals surface area contributed by atoms with Gasteiger partial charge in [-0.25, -0.2) is 0 Å². The lowest BCUT2D eigenvalue weighted by Gasteiger charge is -2.04. The molecule has 3 heteroatoms. The van der Waals surface area contributed by atoms with Crippen LogP contribution in [-0.4, -0.2) is 26.4 Å². The van der Waals surface area contributed by atoms with Crippen molar-refractivity contribution in [2.24, 2.45) is 0 Å². The summed E-state index contributed by atoms with van der Waals surface area (Å²) in [5.41, 5.74) is 0. The Bertz CT molecular complexity index is 222. The maximum Gasteiger partial charge on any atom is 0.0700 e. The number of hydrogen-bond acceptors (Lipinski definition) is 3. The average molecular weight is 228 g/mol. The van der Waals surface area contributed by atoms with E-state index in [4.69, 9.17) is 9.47 Å². The van der Waals surface area contributed by atoms with Gasteiger partial charge in [0.1, 0.15) is 0 Å². The number of unbranched alkanes of at least 4 members (excludes halogenated alkanes) is 1. The summed E-state index contributed by atoms with van der Waals surface area (Å²) in [6.07, 6.45) is 3.36. The minimum atomic E-state index is 0.717. The molecule has 0 saturated carbocycles. The first-order chi connectivity index (χ1) is 7.43. The Morgan fingerprint density at radius 2 is 1.93 bits per heavy atom. The van der Waals surface area contributed by atoms with Crippen molar-refractivity contribution in [3.8, 4) is 0 Å². The van der Waals surface area contributed by atoms with Gasteiger partial charge in [0.05, 0.1) is 19.8 Å². The van der Waals surface area contributed by atoms with Crippen LogP contribution in [0.25, 0.3) is 0 Å². The van der Waals surface area contributed by atoms with E-state index in [2.05, 4.69) is 24.4 Å². The van der Waals surface area contributed by atoms with E-state index in [0.717, 1.165) is 39.3 Å². The summed E-state index contributed by atoms with van der Waals surface area (Å²) in [4.78, 5) is 1.39. The largest absolute Gasteiger partial charge is 0.379 e. The van der Waals surface area contributed by atoms with Crippen LogP contribution in [0.4, 0.5) is 0 Å². The predicted molar refractivity (Wildman–Crippen MR) is 64.6 cm³/mol. The first-order valence-electron chi connectivity index (χ1n) is 5.61. The molecule has 0 aliphatic heterocycles. The second-order valence-electron chi connectivity index (χ2n) is 3.41. The number of ether oxygens (including phenoxy) is 2. The summed E-state index contributed by atoms with van der Waals surface area (Å²) in [5, 5.41) is 2.10. The maximum absolute atomic E-state index is 5.47. The quantitative estimate of drug-likeness (QED) is 0.605. The zero-order valence-electron chi connectivity index (χ0n) is 9.41. The molecule has 1 rings (SSSR count). The number of hydrogen-bond donors (Lipinski definition) is 0. The van der Waals surface area contributed by atoms with Crippen molar-refractivity contribution in [2.45, 2.75) is 26.2 Å². The molecule has 0 atom stereocenters. The molecular weight excluding hydrogens is 208 g/mol. The predicted octanol–water partition coefficient (Wildman–Crippen LogP) is 3.12. The van der Waals surface area contributed by atoms with Gasteiger partial charge in [-0.05, 0) is 17.9 Å². The van der Waals surface area contributed by atoms with Crippen molar-refractivity contribution >= 4 is 11.3 Å². The highest BCUT2D eigenvalue weighted by Gasteiger charge is 1.94. The van der Waals surface area contributed by atoms with E-state index in [1.165, 1.54) is 11.3 Å². The Morgan fingerprint density at radius 3 is 2.60 bits per heavy atom. The molecule has 0 radical (unpaired) electrons. The lowest BCUT2D eigenvalue weighted by Crippen LogP contribution is -2.07. The first kappa shape index (κ1) is 12.7. The summed E-state index contributed by atoms with van der Waals surface area (Å²) in [7, 11) is 0. The Morgan fingerprint density at radius 1 is 1.13 bits per heavy atom. The maximum atomic E-state index is 5.47. The molecule has 0 saturated heterocycles. The average Bonchev–Trinajstić information content (AvgIpc) is 2.75. The molecule has 1 aromatic rings. The lowest BCUT2D eigenvalue weighted by molar-refractivity contribution is 0.0480. The number of thiophene rings is 1. The van der Waals surface area contributed by atoms with Gasteiger partial charge in [0.25, 0.3) is 0 Å². The zero-order valence-corrected chi connectivity index (χ0v) is 10.2. The van der Waals surface area contributed by atoms with E-state index in [0.29, 0.717) is 0 Å². The van der Waals surface area contributed by atoms with Gasteiger partial charge < -0.3 is 9.47 Å². The van der Waals surface area contributed by atoms with Crippen molar-refractivity contribution in [1.82, 2.24) is 0 Å². The molecule has 0 N–H and O–H groups in total. The van der Waals surface area contributed by atoms with Crippen molar-refractivity contribution in [2.75, 3.05) is 26.4 Å². The molecule has 0 aliphatic rings. The third-order valence-corrected chi connectivity index (χ3v) is 3.02. The smallest absolute Gasteiger partial charge is 0.0700 e. The highest BCUT2D eigenvalue weighted by molar-refractivity contribution is 7.09. The number of rotatable bonds is 9. The van der Waals surface area contributed by atoms with E-state index in [-0.39, 0.29) is 0 Å². The fourth-order valence-corrected chi connectivity index (χ4v) is 1.89. The molecule has 0 aromatic carbocycles. The van der Waals surface area contributed by atoms with Crippen LogP contribution in [0.5, 0.6) is 0 Å². The zero-order chi connectivity index (χ0) is 10.8. The Kier molecular flexibility index (Phi) is 7.52. The third kappa shape index (κ3) is 6.66. The summed E-state index contributed by atoms with van der Waals surface area (Å²) in [5.74, 6) is 0. The Hall–Kier alpha value is -0.380. The molecule has 15 heavy (non-hydrogen) atoms. The Balaban J connectivity index is 1.81. The fourth-order valence-electron chi connectivity index (χ4n) is 1.20. The second kappa shape index (κ2) is 8.89. The highest BCUT2D eigenvalue weighted by atomic mass is 32.1. The van der Waals surface area contributed by atoms with Crippen molar-refractivity contribution < 1.29 is 9.47 Å². The third-order valence-electron chi connectivity index (χ3n) is 2.09. The molecule has 1 aromatic heterocycles. The molecule has 0 spiro atoms. The van der Waals surface area contributed by atoms with Crippen LogP contribution in [-0.2, 0) is 15.9 Å². The van der Waals surface area contributed by atoms with E-state index in [1.54, 1.807) is 11.3 Å². The monoisotopic (exact) mass is 228 g/mol. The van der Waals surface area contributed by atoms with Crippen LogP contribution in [0.3, 0.4) is 0 Å². The van der Waals surface area contributed by atoms with Gasteiger partial charge in [0.2, 0.25) is 0 Å². The highest BCUT2D eigenvalue weighted by Crippen LogP contribution is 2.08. The molecular formula is C12H20O2S. The fraction of sp³-hybridized carbons (Fsp3) is 0.667. The van der Waals surface area contributed by atoms with Gasteiger partial charge in [0, 0.05) is 17.9 Å². The van der Waals surface area contributed by atoms with E-state index in [1.807, 2.05) is 0 Å². The minimum Gasteiger partial charge on any atom is -0.379 e. The molecule has 0 fully saturated rings. The minimum absolute atomic E-state index is 0.717. The topological polar surface area (TPSA) is 18.5 Å². The van der Waals surface area contributed by atoms with Gasteiger partial charge in [0.15, 0.2) is 0 Å². The van der Waals surface area contributed by atoms with E-state index >= 15 is 0 Å². The van der Waals surface area contributed by atoms with Crippen LogP contribution in [0.15, 0.2) is 17.5 Å². The van der Waals surface area contributed by atoms with Gasteiger partial charge in [-0.15, -0.1) is 11.3 Å². The molecule has 0 aliphatic carbocycles. The van der Waals surface area contributed by atoms with Crippen LogP contribution >= 0.6 is 11.3 Å². The second-order valence-corrected chi connectivity index (χ2v) is 4.44. The molecule has 0 unspecified atom stereocenters. The lowest BCUT2D eigenvalue weighted by atomic mass is 10.4. The SMILES string of the molecule is CCCCOCCOCCc1cccs1. The molecule has 0 bridgehead atoms. The molecule has 1 heterocycles. The van der Waals surface area contributed by atoms with Crippen molar-refractivity contribution in [3.05, 3.63) is 22.4 Å². The van der Waals surface area contributed by atoms with Gasteiger partial charge >= 0.3 is 0 Å². The molecule has 0 amide bonds.